The van der Waals surface area contributed by atoms with Crippen molar-refractivity contribution in [1.29, 1.82) is 0 Å². The Morgan fingerprint density at radius 3 is 2.75 bits per heavy atom. The predicted molar refractivity (Wildman–Crippen MR) is 56.5 cm³/mol. The van der Waals surface area contributed by atoms with Gasteiger partial charge in [-0.2, -0.15) is 0 Å². The third-order valence-electron chi connectivity index (χ3n) is 2.45. The normalized spacial score (nSPS) is 15.8. The van der Waals surface area contributed by atoms with E-state index < -0.39 is 11.9 Å². The van der Waals surface area contributed by atoms with Gasteiger partial charge in [-0.3, -0.25) is 0 Å². The minimum absolute atomic E-state index is 0.122. The number of halogens is 1. The predicted octanol–water partition coefficient (Wildman–Crippen LogP) is 1.63. The number of hydrogen-bond acceptors (Lipinski definition) is 4. The van der Waals surface area contributed by atoms with Crippen LogP contribution in [0.25, 0.3) is 0 Å². The van der Waals surface area contributed by atoms with E-state index in [-0.39, 0.29) is 5.75 Å². The molecule has 2 N–H and O–H groups in total. The molecule has 0 aliphatic carbocycles. The summed E-state index contributed by atoms with van der Waals surface area (Å²) in [7, 11) is 1.40. The Bertz CT molecular complexity index is 407. The number of ether oxygens (including phenoxy) is 3. The van der Waals surface area contributed by atoms with Crippen molar-refractivity contribution >= 4 is 0 Å². The Balaban J connectivity index is 2.62. The molecule has 0 saturated heterocycles. The number of benzene rings is 1. The lowest BCUT2D eigenvalue weighted by atomic mass is 10.1. The zero-order valence-corrected chi connectivity index (χ0v) is 9.25. The average molecular weight is 227 g/mol. The number of hydrogen-bond donors (Lipinski definition) is 1. The van der Waals surface area contributed by atoms with Crippen LogP contribution in [0.15, 0.2) is 6.07 Å². The third-order valence-corrected chi connectivity index (χ3v) is 2.45. The van der Waals surface area contributed by atoms with Gasteiger partial charge in [0.25, 0.3) is 0 Å². The summed E-state index contributed by atoms with van der Waals surface area (Å²) in [6.07, 6.45) is 0. The molecule has 2 rings (SSSR count). The van der Waals surface area contributed by atoms with Gasteiger partial charge >= 0.3 is 0 Å². The summed E-state index contributed by atoms with van der Waals surface area (Å²) in [6.45, 7) is 2.54. The van der Waals surface area contributed by atoms with E-state index in [1.807, 2.05) is 0 Å². The summed E-state index contributed by atoms with van der Waals surface area (Å²) in [5.74, 6) is 0.509. The standard InChI is InChI=1S/C11H14FNO3/c1-6(13)9-10(12)7(14-2)5-8-11(9)16-4-3-15-8/h5-6H,3-4,13H2,1-2H3. The average Bonchev–Trinajstić information content (AvgIpc) is 2.27. The quantitative estimate of drug-likeness (QED) is 0.834. The zero-order chi connectivity index (χ0) is 11.7. The van der Waals surface area contributed by atoms with Gasteiger partial charge < -0.3 is 19.9 Å². The van der Waals surface area contributed by atoms with Gasteiger partial charge in [0.1, 0.15) is 13.2 Å². The van der Waals surface area contributed by atoms with Crippen molar-refractivity contribution in [1.82, 2.24) is 0 Å². The van der Waals surface area contributed by atoms with Crippen molar-refractivity contribution in [2.75, 3.05) is 20.3 Å². The van der Waals surface area contributed by atoms with Crippen LogP contribution in [0.1, 0.15) is 18.5 Å². The number of nitrogens with two attached hydrogens (primary N) is 1. The van der Waals surface area contributed by atoms with E-state index in [9.17, 15) is 4.39 Å². The van der Waals surface area contributed by atoms with E-state index in [0.29, 0.717) is 30.3 Å². The highest BCUT2D eigenvalue weighted by Crippen LogP contribution is 2.42. The van der Waals surface area contributed by atoms with Gasteiger partial charge in [0.15, 0.2) is 23.1 Å². The Morgan fingerprint density at radius 1 is 1.44 bits per heavy atom. The van der Waals surface area contributed by atoms with Crippen molar-refractivity contribution < 1.29 is 18.6 Å². The van der Waals surface area contributed by atoms with Gasteiger partial charge in [0.05, 0.1) is 12.7 Å². The second-order valence-corrected chi connectivity index (χ2v) is 3.62. The topological polar surface area (TPSA) is 53.7 Å². The molecule has 0 bridgehead atoms. The molecule has 1 aliphatic rings. The number of rotatable bonds is 2. The molecule has 0 aromatic heterocycles. The lowest BCUT2D eigenvalue weighted by molar-refractivity contribution is 0.167. The molecule has 0 radical (unpaired) electrons. The molecule has 16 heavy (non-hydrogen) atoms. The molecule has 4 nitrogen and oxygen atoms in total. The molecule has 1 aromatic rings. The molecule has 88 valence electrons. The molecule has 0 saturated carbocycles. The molecule has 1 unspecified atom stereocenters. The van der Waals surface area contributed by atoms with Crippen LogP contribution in [0.4, 0.5) is 4.39 Å². The second-order valence-electron chi connectivity index (χ2n) is 3.62. The van der Waals surface area contributed by atoms with Gasteiger partial charge in [0, 0.05) is 12.1 Å². The van der Waals surface area contributed by atoms with E-state index in [0.717, 1.165) is 0 Å². The fourth-order valence-corrected chi connectivity index (χ4v) is 1.72. The number of fused-ring (bicyclic) bond motifs is 1. The van der Waals surface area contributed by atoms with Crippen LogP contribution in [-0.4, -0.2) is 20.3 Å². The van der Waals surface area contributed by atoms with Gasteiger partial charge in [-0.15, -0.1) is 0 Å². The van der Waals surface area contributed by atoms with Gasteiger partial charge in [-0.25, -0.2) is 4.39 Å². The maximum atomic E-state index is 14.0. The van der Waals surface area contributed by atoms with Crippen molar-refractivity contribution in [2.24, 2.45) is 5.73 Å². The third kappa shape index (κ3) is 1.67. The van der Waals surface area contributed by atoms with E-state index >= 15 is 0 Å². The molecular weight excluding hydrogens is 213 g/mol. The summed E-state index contributed by atoms with van der Waals surface area (Å²) in [5, 5.41) is 0. The van der Waals surface area contributed by atoms with Crippen molar-refractivity contribution in [3.05, 3.63) is 17.4 Å². The molecule has 0 spiro atoms. The molecule has 1 atom stereocenters. The summed E-state index contributed by atoms with van der Waals surface area (Å²) in [4.78, 5) is 0. The van der Waals surface area contributed by atoms with E-state index in [1.165, 1.54) is 13.2 Å². The fraction of sp³-hybridized carbons (Fsp3) is 0.455. The largest absolute Gasteiger partial charge is 0.494 e. The van der Waals surface area contributed by atoms with E-state index in [4.69, 9.17) is 19.9 Å². The first kappa shape index (κ1) is 11.0. The summed E-state index contributed by atoms with van der Waals surface area (Å²) in [6, 6.07) is 1.00. The fourth-order valence-electron chi connectivity index (χ4n) is 1.72. The van der Waals surface area contributed by atoms with Crippen molar-refractivity contribution in [3.63, 3.8) is 0 Å². The first-order chi connectivity index (χ1) is 7.65. The zero-order valence-electron chi connectivity index (χ0n) is 9.25. The maximum absolute atomic E-state index is 14.0. The van der Waals surface area contributed by atoms with Crippen LogP contribution in [0, 0.1) is 5.82 Å². The van der Waals surface area contributed by atoms with Crippen LogP contribution < -0.4 is 19.9 Å². The Hall–Kier alpha value is -1.49. The highest BCUT2D eigenvalue weighted by Gasteiger charge is 2.25. The van der Waals surface area contributed by atoms with Gasteiger partial charge in [0.2, 0.25) is 0 Å². The second kappa shape index (κ2) is 4.17. The minimum Gasteiger partial charge on any atom is -0.494 e. The molecule has 0 fully saturated rings. The summed E-state index contributed by atoms with van der Waals surface area (Å²) >= 11 is 0. The van der Waals surface area contributed by atoms with Crippen LogP contribution >= 0.6 is 0 Å². The van der Waals surface area contributed by atoms with Crippen LogP contribution in [0.5, 0.6) is 17.2 Å². The maximum Gasteiger partial charge on any atom is 0.173 e. The van der Waals surface area contributed by atoms with Crippen LogP contribution in [0.2, 0.25) is 0 Å². The monoisotopic (exact) mass is 227 g/mol. The Kier molecular flexibility index (Phi) is 2.87. The molecule has 0 amide bonds. The lowest BCUT2D eigenvalue weighted by Gasteiger charge is -2.24. The smallest absolute Gasteiger partial charge is 0.173 e. The van der Waals surface area contributed by atoms with E-state index in [2.05, 4.69) is 0 Å². The van der Waals surface area contributed by atoms with Crippen LogP contribution in [0.3, 0.4) is 0 Å². The molecule has 5 heteroatoms. The summed E-state index contributed by atoms with van der Waals surface area (Å²) < 4.78 is 29.7. The Morgan fingerprint density at radius 2 is 2.12 bits per heavy atom. The first-order valence-electron chi connectivity index (χ1n) is 5.06. The van der Waals surface area contributed by atoms with Gasteiger partial charge in [-0.05, 0) is 6.92 Å². The SMILES string of the molecule is COc1cc2c(c(C(C)N)c1F)OCCO2. The summed E-state index contributed by atoms with van der Waals surface area (Å²) in [5.41, 5.74) is 6.03. The number of methoxy groups -OCH3 is 1. The van der Waals surface area contributed by atoms with Crippen LogP contribution in [-0.2, 0) is 0 Å². The van der Waals surface area contributed by atoms with Gasteiger partial charge in [-0.1, -0.05) is 0 Å². The molecule has 1 heterocycles. The lowest BCUT2D eigenvalue weighted by Crippen LogP contribution is -2.20. The van der Waals surface area contributed by atoms with Crippen molar-refractivity contribution in [2.45, 2.75) is 13.0 Å². The molecule has 1 aliphatic heterocycles. The molecule has 1 aromatic carbocycles. The first-order valence-corrected chi connectivity index (χ1v) is 5.06. The highest BCUT2D eigenvalue weighted by molar-refractivity contribution is 5.54. The van der Waals surface area contributed by atoms with Crippen molar-refractivity contribution in [3.8, 4) is 17.2 Å². The Labute approximate surface area is 93.1 Å². The molecular formula is C11H14FNO3. The highest BCUT2D eigenvalue weighted by atomic mass is 19.1. The van der Waals surface area contributed by atoms with E-state index in [1.54, 1.807) is 6.92 Å². The minimum atomic E-state index is -0.484.